The van der Waals surface area contributed by atoms with Gasteiger partial charge < -0.3 is 0 Å². The molecule has 1 heterocycles. The first-order valence-electron chi connectivity index (χ1n) is 6.16. The lowest BCUT2D eigenvalue weighted by Gasteiger charge is -1.95. The Kier molecular flexibility index (Phi) is 3.20. The summed E-state index contributed by atoms with van der Waals surface area (Å²) in [5.41, 5.74) is 1.64. The minimum Gasteiger partial charge on any atom is -0.277 e. The number of H-pyrrole nitrogens is 1. The fourth-order valence-electron chi connectivity index (χ4n) is 2.06. The molecule has 0 saturated heterocycles. The summed E-state index contributed by atoms with van der Waals surface area (Å²) in [7, 11) is 0. The van der Waals surface area contributed by atoms with Crippen molar-refractivity contribution in [2.24, 2.45) is 0 Å². The molecule has 0 spiro atoms. The van der Waals surface area contributed by atoms with E-state index in [1.54, 1.807) is 30.4 Å². The number of hydrogen-bond acceptors (Lipinski definition) is 1. The Morgan fingerprint density at radius 2 is 2.00 bits per heavy atom. The Morgan fingerprint density at radius 1 is 1.14 bits per heavy atom. The normalized spacial score (nSPS) is 11.1. The summed E-state index contributed by atoms with van der Waals surface area (Å²) in [6, 6.07) is 8.83. The Balaban J connectivity index is 2.05. The average Bonchev–Trinajstić information content (AvgIpc) is 2.88. The minimum absolute atomic E-state index is 0.182. The van der Waals surface area contributed by atoms with Crippen molar-refractivity contribution in [2.75, 3.05) is 0 Å². The summed E-state index contributed by atoms with van der Waals surface area (Å²) in [4.78, 5) is 3.23. The van der Waals surface area contributed by atoms with Crippen LogP contribution < -0.4 is 0 Å². The van der Waals surface area contributed by atoms with Crippen LogP contribution in [0.4, 0.5) is 14.5 Å². The molecule has 0 aliphatic carbocycles. The summed E-state index contributed by atoms with van der Waals surface area (Å²) in [5, 5.41) is 7.13. The maximum Gasteiger partial charge on any atom is 0.190 e. The molecule has 0 bridgehead atoms. The van der Waals surface area contributed by atoms with E-state index in [1.165, 1.54) is 12.1 Å². The number of aromatic amines is 1. The predicted octanol–water partition coefficient (Wildman–Crippen LogP) is 4.56. The third kappa shape index (κ3) is 2.51. The van der Waals surface area contributed by atoms with Gasteiger partial charge in [-0.15, -0.1) is 0 Å². The average molecular weight is 281 g/mol. The van der Waals surface area contributed by atoms with Crippen molar-refractivity contribution < 1.29 is 8.78 Å². The predicted molar refractivity (Wildman–Crippen MR) is 77.6 cm³/mol. The van der Waals surface area contributed by atoms with E-state index in [9.17, 15) is 8.78 Å². The van der Waals surface area contributed by atoms with E-state index in [1.807, 2.05) is 0 Å². The number of aromatic nitrogens is 2. The summed E-state index contributed by atoms with van der Waals surface area (Å²) in [6.07, 6.45) is 3.37. The van der Waals surface area contributed by atoms with Crippen molar-refractivity contribution in [3.8, 4) is 0 Å². The molecule has 3 nitrogen and oxygen atoms in total. The summed E-state index contributed by atoms with van der Waals surface area (Å²) in [6.45, 7) is 6.97. The quantitative estimate of drug-likeness (QED) is 0.686. The van der Waals surface area contributed by atoms with Crippen LogP contribution in [0, 0.1) is 18.2 Å². The Labute approximate surface area is 119 Å². The van der Waals surface area contributed by atoms with Crippen LogP contribution in [0.3, 0.4) is 0 Å². The number of benzene rings is 2. The zero-order valence-electron chi connectivity index (χ0n) is 10.8. The lowest BCUT2D eigenvalue weighted by atomic mass is 10.1. The van der Waals surface area contributed by atoms with Crippen molar-refractivity contribution in [1.29, 1.82) is 0 Å². The maximum absolute atomic E-state index is 13.8. The van der Waals surface area contributed by atoms with Gasteiger partial charge in [0, 0.05) is 5.39 Å². The molecule has 0 aliphatic heterocycles. The van der Waals surface area contributed by atoms with E-state index >= 15 is 0 Å². The molecule has 0 fully saturated rings. The minimum atomic E-state index is -0.542. The second kappa shape index (κ2) is 5.17. The van der Waals surface area contributed by atoms with Gasteiger partial charge >= 0.3 is 0 Å². The SMILES string of the molecule is [C-]#[N+]c1cc(F)c2n[nH]c(/C=C/c3cccc(F)c3)c2c1. The number of nitrogens with zero attached hydrogens (tertiary/aromatic N) is 2. The monoisotopic (exact) mass is 281 g/mol. The van der Waals surface area contributed by atoms with Crippen LogP contribution >= 0.6 is 0 Å². The van der Waals surface area contributed by atoms with Gasteiger partial charge in [-0.3, -0.25) is 5.10 Å². The first-order chi connectivity index (χ1) is 10.2. The Bertz CT molecular complexity index is 888. The number of rotatable bonds is 2. The number of hydrogen-bond donors (Lipinski definition) is 1. The Morgan fingerprint density at radius 3 is 2.76 bits per heavy atom. The molecule has 0 amide bonds. The lowest BCUT2D eigenvalue weighted by molar-refractivity contribution is 0.627. The van der Waals surface area contributed by atoms with Gasteiger partial charge in [-0.2, -0.15) is 5.10 Å². The molecule has 3 rings (SSSR count). The van der Waals surface area contributed by atoms with Crippen molar-refractivity contribution in [3.63, 3.8) is 0 Å². The van der Waals surface area contributed by atoms with Gasteiger partial charge in [0.15, 0.2) is 5.69 Å². The third-order valence-electron chi connectivity index (χ3n) is 3.05. The molecular weight excluding hydrogens is 272 g/mol. The molecule has 0 radical (unpaired) electrons. The van der Waals surface area contributed by atoms with E-state index in [0.29, 0.717) is 16.6 Å². The standard InChI is InChI=1S/C16H9F2N3/c1-19-12-8-13-15(20-21-16(13)14(18)9-12)6-5-10-3-2-4-11(17)7-10/h2-9H,(H,20,21)/b6-5+. The molecule has 0 saturated carbocycles. The highest BCUT2D eigenvalue weighted by atomic mass is 19.1. The second-order valence-electron chi connectivity index (χ2n) is 4.46. The van der Waals surface area contributed by atoms with Crippen LogP contribution in [-0.4, -0.2) is 10.2 Å². The molecule has 5 heteroatoms. The fraction of sp³-hybridized carbons (Fsp3) is 0. The van der Waals surface area contributed by atoms with E-state index in [4.69, 9.17) is 6.57 Å². The van der Waals surface area contributed by atoms with Crippen LogP contribution in [0.25, 0.3) is 27.9 Å². The van der Waals surface area contributed by atoms with E-state index in [-0.39, 0.29) is 17.0 Å². The molecule has 1 N–H and O–H groups in total. The molecule has 1 aromatic heterocycles. The number of halogens is 2. The smallest absolute Gasteiger partial charge is 0.190 e. The van der Waals surface area contributed by atoms with E-state index in [2.05, 4.69) is 15.0 Å². The Hall–Kier alpha value is -3.00. The number of nitrogens with one attached hydrogen (secondary N) is 1. The van der Waals surface area contributed by atoms with E-state index < -0.39 is 5.82 Å². The molecule has 21 heavy (non-hydrogen) atoms. The lowest BCUT2D eigenvalue weighted by Crippen LogP contribution is -1.78. The van der Waals surface area contributed by atoms with Crippen LogP contribution in [0.5, 0.6) is 0 Å². The topological polar surface area (TPSA) is 33.0 Å². The molecular formula is C16H9F2N3. The van der Waals surface area contributed by atoms with Gasteiger partial charge in [0.1, 0.15) is 17.2 Å². The molecule has 102 valence electrons. The van der Waals surface area contributed by atoms with Crippen LogP contribution in [0.15, 0.2) is 36.4 Å². The van der Waals surface area contributed by atoms with Gasteiger partial charge in [-0.05, 0) is 35.9 Å². The summed E-state index contributed by atoms with van der Waals surface area (Å²) < 4.78 is 26.9. The first-order valence-corrected chi connectivity index (χ1v) is 6.16. The van der Waals surface area contributed by atoms with Crippen molar-refractivity contribution >= 4 is 28.7 Å². The largest absolute Gasteiger partial charge is 0.277 e. The van der Waals surface area contributed by atoms with Gasteiger partial charge in [0.05, 0.1) is 12.3 Å². The summed E-state index contributed by atoms with van der Waals surface area (Å²) >= 11 is 0. The zero-order chi connectivity index (χ0) is 14.8. The third-order valence-corrected chi connectivity index (χ3v) is 3.05. The molecule has 0 aliphatic rings. The van der Waals surface area contributed by atoms with Gasteiger partial charge in [0.25, 0.3) is 0 Å². The molecule has 0 unspecified atom stereocenters. The van der Waals surface area contributed by atoms with Crippen LogP contribution in [0.2, 0.25) is 0 Å². The highest BCUT2D eigenvalue weighted by Crippen LogP contribution is 2.26. The van der Waals surface area contributed by atoms with Crippen LogP contribution in [-0.2, 0) is 0 Å². The van der Waals surface area contributed by atoms with Crippen molar-refractivity contribution in [2.45, 2.75) is 0 Å². The fourth-order valence-corrected chi connectivity index (χ4v) is 2.06. The molecule has 2 aromatic carbocycles. The summed E-state index contributed by atoms with van der Waals surface area (Å²) in [5.74, 6) is -0.867. The van der Waals surface area contributed by atoms with Crippen molar-refractivity contribution in [1.82, 2.24) is 10.2 Å². The number of fused-ring (bicyclic) bond motifs is 1. The first kappa shape index (κ1) is 13.0. The van der Waals surface area contributed by atoms with Gasteiger partial charge in [-0.1, -0.05) is 18.2 Å². The van der Waals surface area contributed by atoms with Gasteiger partial charge in [-0.25, -0.2) is 13.6 Å². The highest BCUT2D eigenvalue weighted by Gasteiger charge is 2.09. The van der Waals surface area contributed by atoms with Gasteiger partial charge in [0.2, 0.25) is 0 Å². The van der Waals surface area contributed by atoms with E-state index in [0.717, 1.165) is 6.07 Å². The van der Waals surface area contributed by atoms with Crippen LogP contribution in [0.1, 0.15) is 11.3 Å². The zero-order valence-corrected chi connectivity index (χ0v) is 10.8. The second-order valence-corrected chi connectivity index (χ2v) is 4.46. The maximum atomic E-state index is 13.8. The molecule has 3 aromatic rings. The highest BCUT2D eigenvalue weighted by molar-refractivity contribution is 5.92. The van der Waals surface area contributed by atoms with Crippen molar-refractivity contribution in [3.05, 3.63) is 70.7 Å². The molecule has 0 atom stereocenters.